The number of piperidine rings is 1. The smallest absolute Gasteiger partial charge is 0.241 e. The molecular weight excluding hydrogens is 372 g/mol. The number of methoxy groups -OCH3 is 2. The molecule has 1 fully saturated rings. The van der Waals surface area contributed by atoms with E-state index in [0.717, 1.165) is 24.9 Å². The molecule has 2 heterocycles. The number of carbonyl (C=O) groups excluding carboxylic acids is 1. The van der Waals surface area contributed by atoms with Crippen molar-refractivity contribution in [1.82, 2.24) is 20.4 Å². The van der Waals surface area contributed by atoms with Crippen molar-refractivity contribution in [3.8, 4) is 22.9 Å². The van der Waals surface area contributed by atoms with Gasteiger partial charge in [0.2, 0.25) is 17.6 Å². The normalized spacial score (nSPS) is 17.3. The van der Waals surface area contributed by atoms with Crippen LogP contribution in [0.2, 0.25) is 0 Å². The number of likely N-dealkylation sites (tertiary alicyclic amines) is 1. The molecular formula is C21H30N4O4. The quantitative estimate of drug-likeness (QED) is 0.726. The molecule has 0 aliphatic carbocycles. The van der Waals surface area contributed by atoms with Crippen LogP contribution in [-0.2, 0) is 11.3 Å². The van der Waals surface area contributed by atoms with Crippen LogP contribution in [0, 0.1) is 11.8 Å². The summed E-state index contributed by atoms with van der Waals surface area (Å²) in [5.41, 5.74) is 0.794. The van der Waals surface area contributed by atoms with Gasteiger partial charge in [-0.05, 0) is 43.5 Å². The van der Waals surface area contributed by atoms with E-state index in [2.05, 4.69) is 34.2 Å². The lowest BCUT2D eigenvalue weighted by Crippen LogP contribution is -2.43. The van der Waals surface area contributed by atoms with Gasteiger partial charge in [-0.1, -0.05) is 19.0 Å². The highest BCUT2D eigenvalue weighted by atomic mass is 16.5. The minimum Gasteiger partial charge on any atom is -0.493 e. The standard InChI is InChI=1S/C21H30N4O4/c1-14(2)11-22-21(26)16-6-5-9-25(12-16)13-19-23-20(24-29-19)15-7-8-17(27-3)18(10-15)28-4/h7-8,10,14,16H,5-6,9,11-13H2,1-4H3,(H,22,26)/t16-/m0/s1. The summed E-state index contributed by atoms with van der Waals surface area (Å²) in [7, 11) is 3.19. The minimum absolute atomic E-state index is 0.00995. The molecule has 1 aromatic heterocycles. The van der Waals surface area contributed by atoms with Crippen molar-refractivity contribution < 1.29 is 18.8 Å². The summed E-state index contributed by atoms with van der Waals surface area (Å²) in [6.45, 7) is 7.07. The number of benzene rings is 1. The fourth-order valence-corrected chi connectivity index (χ4v) is 3.47. The topological polar surface area (TPSA) is 89.7 Å². The molecule has 1 atom stereocenters. The Morgan fingerprint density at radius 2 is 2.10 bits per heavy atom. The fourth-order valence-electron chi connectivity index (χ4n) is 3.47. The van der Waals surface area contributed by atoms with E-state index < -0.39 is 0 Å². The molecule has 1 aliphatic rings. The number of aromatic nitrogens is 2. The largest absolute Gasteiger partial charge is 0.493 e. The van der Waals surface area contributed by atoms with Gasteiger partial charge in [0.15, 0.2) is 11.5 Å². The first-order valence-corrected chi connectivity index (χ1v) is 10.0. The van der Waals surface area contributed by atoms with Gasteiger partial charge in [-0.3, -0.25) is 9.69 Å². The molecule has 1 N–H and O–H groups in total. The van der Waals surface area contributed by atoms with Gasteiger partial charge in [-0.25, -0.2) is 0 Å². The second-order valence-electron chi connectivity index (χ2n) is 7.79. The van der Waals surface area contributed by atoms with Crippen LogP contribution in [0.4, 0.5) is 0 Å². The summed E-state index contributed by atoms with van der Waals surface area (Å²) < 4.78 is 16.1. The van der Waals surface area contributed by atoms with Crippen molar-refractivity contribution in [3.63, 3.8) is 0 Å². The van der Waals surface area contributed by atoms with E-state index in [0.29, 0.717) is 48.8 Å². The monoisotopic (exact) mass is 402 g/mol. The summed E-state index contributed by atoms with van der Waals surface area (Å²) in [6.07, 6.45) is 1.90. The third-order valence-corrected chi connectivity index (χ3v) is 5.03. The molecule has 0 spiro atoms. The molecule has 8 heteroatoms. The Balaban J connectivity index is 1.62. The number of nitrogens with zero attached hydrogens (tertiary/aromatic N) is 3. The van der Waals surface area contributed by atoms with Crippen molar-refractivity contribution in [2.75, 3.05) is 33.9 Å². The van der Waals surface area contributed by atoms with Crippen molar-refractivity contribution in [1.29, 1.82) is 0 Å². The Bertz CT molecular complexity index is 821. The molecule has 1 aliphatic heterocycles. The SMILES string of the molecule is COc1ccc(-c2noc(CN3CCC[C@H](C(=O)NCC(C)C)C3)n2)cc1OC. The Morgan fingerprint density at radius 1 is 1.31 bits per heavy atom. The van der Waals surface area contributed by atoms with Gasteiger partial charge in [0.1, 0.15) is 0 Å². The maximum Gasteiger partial charge on any atom is 0.241 e. The summed E-state index contributed by atoms with van der Waals surface area (Å²) in [4.78, 5) is 19.1. The first-order valence-electron chi connectivity index (χ1n) is 10.0. The van der Waals surface area contributed by atoms with Crippen LogP contribution >= 0.6 is 0 Å². The minimum atomic E-state index is 0.00995. The highest BCUT2D eigenvalue weighted by Crippen LogP contribution is 2.31. The van der Waals surface area contributed by atoms with E-state index >= 15 is 0 Å². The number of hydrogen-bond donors (Lipinski definition) is 1. The molecule has 8 nitrogen and oxygen atoms in total. The van der Waals surface area contributed by atoms with Gasteiger partial charge in [0.05, 0.1) is 26.7 Å². The first-order chi connectivity index (χ1) is 14.0. The molecule has 1 amide bonds. The molecule has 0 radical (unpaired) electrons. The summed E-state index contributed by atoms with van der Waals surface area (Å²) in [5, 5.41) is 7.14. The molecule has 0 unspecified atom stereocenters. The zero-order valence-electron chi connectivity index (χ0n) is 17.6. The summed E-state index contributed by atoms with van der Waals surface area (Å²) >= 11 is 0. The maximum atomic E-state index is 12.4. The van der Waals surface area contributed by atoms with Gasteiger partial charge in [-0.15, -0.1) is 0 Å². The van der Waals surface area contributed by atoms with Crippen molar-refractivity contribution in [2.45, 2.75) is 33.2 Å². The van der Waals surface area contributed by atoms with Crippen molar-refractivity contribution >= 4 is 5.91 Å². The predicted molar refractivity (Wildman–Crippen MR) is 109 cm³/mol. The van der Waals surface area contributed by atoms with Crippen LogP contribution in [0.25, 0.3) is 11.4 Å². The maximum absolute atomic E-state index is 12.4. The van der Waals surface area contributed by atoms with E-state index in [1.54, 1.807) is 14.2 Å². The van der Waals surface area contributed by atoms with E-state index in [1.807, 2.05) is 18.2 Å². The van der Waals surface area contributed by atoms with Crippen LogP contribution in [0.1, 0.15) is 32.6 Å². The van der Waals surface area contributed by atoms with Gasteiger partial charge in [0.25, 0.3) is 0 Å². The van der Waals surface area contributed by atoms with Gasteiger partial charge >= 0.3 is 0 Å². The van der Waals surface area contributed by atoms with E-state index in [9.17, 15) is 4.79 Å². The first kappa shape index (κ1) is 21.1. The number of hydrogen-bond acceptors (Lipinski definition) is 7. The number of nitrogens with one attached hydrogen (secondary N) is 1. The number of carbonyl (C=O) groups is 1. The molecule has 2 aromatic rings. The van der Waals surface area contributed by atoms with Crippen LogP contribution in [-0.4, -0.2) is 54.8 Å². The van der Waals surface area contributed by atoms with E-state index in [-0.39, 0.29) is 11.8 Å². The van der Waals surface area contributed by atoms with Crippen LogP contribution in [0.3, 0.4) is 0 Å². The number of rotatable bonds is 8. The Labute approximate surface area is 171 Å². The van der Waals surface area contributed by atoms with Crippen LogP contribution in [0.15, 0.2) is 22.7 Å². The zero-order valence-corrected chi connectivity index (χ0v) is 17.6. The third kappa shape index (κ3) is 5.47. The molecule has 29 heavy (non-hydrogen) atoms. The second kappa shape index (κ2) is 9.73. The van der Waals surface area contributed by atoms with Crippen LogP contribution < -0.4 is 14.8 Å². The molecule has 0 saturated carbocycles. The molecule has 3 rings (SSSR count). The fraction of sp³-hybridized carbons (Fsp3) is 0.571. The van der Waals surface area contributed by atoms with Crippen molar-refractivity contribution in [2.24, 2.45) is 11.8 Å². The van der Waals surface area contributed by atoms with Gasteiger partial charge < -0.3 is 19.3 Å². The third-order valence-electron chi connectivity index (χ3n) is 5.03. The highest BCUT2D eigenvalue weighted by molar-refractivity contribution is 5.78. The Kier molecular flexibility index (Phi) is 7.09. The van der Waals surface area contributed by atoms with E-state index in [4.69, 9.17) is 14.0 Å². The highest BCUT2D eigenvalue weighted by Gasteiger charge is 2.27. The lowest BCUT2D eigenvalue weighted by Gasteiger charge is -2.31. The molecule has 1 saturated heterocycles. The summed E-state index contributed by atoms with van der Waals surface area (Å²) in [5.74, 6) is 2.91. The van der Waals surface area contributed by atoms with Gasteiger partial charge in [0, 0.05) is 18.7 Å². The predicted octanol–water partition coefficient (Wildman–Crippen LogP) is 2.74. The van der Waals surface area contributed by atoms with Gasteiger partial charge in [-0.2, -0.15) is 4.98 Å². The average Bonchev–Trinajstić information content (AvgIpc) is 3.20. The lowest BCUT2D eigenvalue weighted by molar-refractivity contribution is -0.127. The number of ether oxygens (including phenoxy) is 2. The molecule has 158 valence electrons. The average molecular weight is 402 g/mol. The molecule has 1 aromatic carbocycles. The number of amides is 1. The van der Waals surface area contributed by atoms with Crippen LogP contribution in [0.5, 0.6) is 11.5 Å². The van der Waals surface area contributed by atoms with E-state index in [1.165, 1.54) is 0 Å². The zero-order chi connectivity index (χ0) is 20.8. The molecule has 0 bridgehead atoms. The Hall–Kier alpha value is -2.61. The Morgan fingerprint density at radius 3 is 2.83 bits per heavy atom. The lowest BCUT2D eigenvalue weighted by atomic mass is 9.97. The second-order valence-corrected chi connectivity index (χ2v) is 7.79. The van der Waals surface area contributed by atoms with Crippen molar-refractivity contribution in [3.05, 3.63) is 24.1 Å². The summed E-state index contributed by atoms with van der Waals surface area (Å²) in [6, 6.07) is 5.50.